The maximum absolute atomic E-state index is 2.53. The zero-order valence-electron chi connectivity index (χ0n) is 10.7. The zero-order valence-corrected chi connectivity index (χ0v) is 12.9. The van der Waals surface area contributed by atoms with Crippen LogP contribution in [0.2, 0.25) is 0 Å². The monoisotopic (exact) mass is 324 g/mol. The van der Waals surface area contributed by atoms with Crippen molar-refractivity contribution >= 4 is 22.6 Å². The van der Waals surface area contributed by atoms with Crippen molar-refractivity contribution in [1.82, 2.24) is 0 Å². The molecule has 0 nitrogen and oxygen atoms in total. The van der Waals surface area contributed by atoms with E-state index in [4.69, 9.17) is 0 Å². The first-order chi connectivity index (χ1) is 7.27. The van der Waals surface area contributed by atoms with Crippen LogP contribution in [0, 0.1) is 0 Å². The van der Waals surface area contributed by atoms with Crippen molar-refractivity contribution in [3.63, 3.8) is 0 Å². The molecule has 0 aromatic heterocycles. The first-order valence-electron chi connectivity index (χ1n) is 6.91. The van der Waals surface area contributed by atoms with Gasteiger partial charge in [-0.05, 0) is 6.42 Å². The summed E-state index contributed by atoms with van der Waals surface area (Å²) in [6.07, 6.45) is 16.0. The smallest absolute Gasteiger partial charge is 0.00813 e. The minimum absolute atomic E-state index is 0.872. The molecule has 0 aliphatic heterocycles. The van der Waals surface area contributed by atoms with Crippen molar-refractivity contribution in [2.75, 3.05) is 0 Å². The number of hydrogen-bond acceptors (Lipinski definition) is 0. The Bertz CT molecular complexity index is 110. The van der Waals surface area contributed by atoms with Gasteiger partial charge in [-0.3, -0.25) is 0 Å². The summed E-state index contributed by atoms with van der Waals surface area (Å²) in [5.74, 6) is 0. The predicted molar refractivity (Wildman–Crippen MR) is 79.9 cm³/mol. The lowest BCUT2D eigenvalue weighted by atomic mass is 10.1. The molecule has 0 unspecified atom stereocenters. The zero-order chi connectivity index (χ0) is 11.4. The molecule has 15 heavy (non-hydrogen) atoms. The molecule has 0 spiro atoms. The molecule has 0 N–H and O–H groups in total. The second kappa shape index (κ2) is 12.8. The van der Waals surface area contributed by atoms with E-state index in [1.807, 2.05) is 0 Å². The van der Waals surface area contributed by atoms with Gasteiger partial charge in [0.1, 0.15) is 0 Å². The summed E-state index contributed by atoms with van der Waals surface area (Å²) >= 11 is 2.53. The van der Waals surface area contributed by atoms with Gasteiger partial charge in [0.05, 0.1) is 0 Å². The highest BCUT2D eigenvalue weighted by Crippen LogP contribution is 2.14. The number of alkyl halides is 1. The third kappa shape index (κ3) is 14.7. The summed E-state index contributed by atoms with van der Waals surface area (Å²) in [7, 11) is 0. The van der Waals surface area contributed by atoms with Gasteiger partial charge in [-0.2, -0.15) is 0 Å². The SMILES string of the molecule is CCCCCCCCCCCC[C@H](C)I. The van der Waals surface area contributed by atoms with Crippen LogP contribution in [-0.2, 0) is 0 Å². The minimum atomic E-state index is 0.872. The van der Waals surface area contributed by atoms with Crippen LogP contribution in [-0.4, -0.2) is 3.92 Å². The summed E-state index contributed by atoms with van der Waals surface area (Å²) in [6, 6.07) is 0. The molecule has 1 heteroatoms. The highest BCUT2D eigenvalue weighted by atomic mass is 127. The van der Waals surface area contributed by atoms with Gasteiger partial charge in [-0.25, -0.2) is 0 Å². The first-order valence-corrected chi connectivity index (χ1v) is 8.16. The first kappa shape index (κ1) is 15.7. The van der Waals surface area contributed by atoms with Gasteiger partial charge in [-0.1, -0.05) is 101 Å². The third-order valence-corrected chi connectivity index (χ3v) is 3.58. The predicted octanol–water partition coefficient (Wildman–Crippen LogP) is 6.12. The van der Waals surface area contributed by atoms with Crippen LogP contribution in [0.1, 0.15) is 84.5 Å². The van der Waals surface area contributed by atoms with Crippen molar-refractivity contribution in [3.8, 4) is 0 Å². The van der Waals surface area contributed by atoms with Crippen molar-refractivity contribution in [2.45, 2.75) is 88.4 Å². The standard InChI is InChI=1S/C14H29I/c1-3-4-5-6-7-8-9-10-11-12-13-14(2)15/h14H,3-13H2,1-2H3/t14-/m0/s1. The Morgan fingerprint density at radius 1 is 0.733 bits per heavy atom. The van der Waals surface area contributed by atoms with Crippen molar-refractivity contribution in [1.29, 1.82) is 0 Å². The van der Waals surface area contributed by atoms with Crippen molar-refractivity contribution < 1.29 is 0 Å². The van der Waals surface area contributed by atoms with Gasteiger partial charge in [0.15, 0.2) is 0 Å². The molecule has 0 aromatic rings. The molecule has 1 atom stereocenters. The summed E-state index contributed by atoms with van der Waals surface area (Å²) in [4.78, 5) is 0. The van der Waals surface area contributed by atoms with Crippen LogP contribution in [0.4, 0.5) is 0 Å². The van der Waals surface area contributed by atoms with E-state index in [0.29, 0.717) is 0 Å². The van der Waals surface area contributed by atoms with Crippen LogP contribution in [0.15, 0.2) is 0 Å². The van der Waals surface area contributed by atoms with E-state index in [-0.39, 0.29) is 0 Å². The summed E-state index contributed by atoms with van der Waals surface area (Å²) in [5, 5.41) is 0. The van der Waals surface area contributed by atoms with Crippen molar-refractivity contribution in [3.05, 3.63) is 0 Å². The fraction of sp³-hybridized carbons (Fsp3) is 1.00. The van der Waals surface area contributed by atoms with Gasteiger partial charge in [0.2, 0.25) is 0 Å². The number of rotatable bonds is 11. The molecule has 0 saturated carbocycles. The van der Waals surface area contributed by atoms with E-state index >= 15 is 0 Å². The Hall–Kier alpha value is 0.730. The minimum Gasteiger partial charge on any atom is -0.0829 e. The molecule has 0 aliphatic rings. The molecule has 0 fully saturated rings. The molecule has 0 radical (unpaired) electrons. The maximum atomic E-state index is 2.53. The fourth-order valence-electron chi connectivity index (χ4n) is 1.91. The molecular formula is C14H29I. The van der Waals surface area contributed by atoms with Crippen molar-refractivity contribution in [2.24, 2.45) is 0 Å². The van der Waals surface area contributed by atoms with Crippen LogP contribution in [0.25, 0.3) is 0 Å². The normalized spacial score (nSPS) is 13.0. The topological polar surface area (TPSA) is 0 Å². The Morgan fingerprint density at radius 3 is 1.53 bits per heavy atom. The largest absolute Gasteiger partial charge is 0.0829 e. The van der Waals surface area contributed by atoms with E-state index in [1.54, 1.807) is 0 Å². The Labute approximate surface area is 111 Å². The summed E-state index contributed by atoms with van der Waals surface area (Å²) in [6.45, 7) is 4.60. The van der Waals surface area contributed by atoms with Crippen LogP contribution >= 0.6 is 22.6 Å². The third-order valence-electron chi connectivity index (χ3n) is 2.96. The van der Waals surface area contributed by atoms with Gasteiger partial charge in [-0.15, -0.1) is 0 Å². The lowest BCUT2D eigenvalue weighted by Gasteiger charge is -2.03. The molecule has 0 rings (SSSR count). The summed E-state index contributed by atoms with van der Waals surface area (Å²) in [5.41, 5.74) is 0. The van der Waals surface area contributed by atoms with E-state index in [1.165, 1.54) is 70.6 Å². The molecule has 0 amide bonds. The number of hydrogen-bond donors (Lipinski definition) is 0. The van der Waals surface area contributed by atoms with E-state index in [2.05, 4.69) is 36.4 Å². The van der Waals surface area contributed by atoms with E-state index in [0.717, 1.165) is 3.92 Å². The highest BCUT2D eigenvalue weighted by molar-refractivity contribution is 14.1. The Morgan fingerprint density at radius 2 is 1.13 bits per heavy atom. The maximum Gasteiger partial charge on any atom is 0.00813 e. The number of unbranched alkanes of at least 4 members (excludes halogenated alkanes) is 9. The molecule has 0 heterocycles. The van der Waals surface area contributed by atoms with Gasteiger partial charge in [0, 0.05) is 3.92 Å². The van der Waals surface area contributed by atoms with E-state index in [9.17, 15) is 0 Å². The quantitative estimate of drug-likeness (QED) is 0.244. The van der Waals surface area contributed by atoms with Crippen LogP contribution in [0.3, 0.4) is 0 Å². The molecule has 0 bridgehead atoms. The second-order valence-corrected chi connectivity index (χ2v) is 6.88. The molecule has 0 saturated heterocycles. The number of halogens is 1. The average molecular weight is 324 g/mol. The van der Waals surface area contributed by atoms with Gasteiger partial charge in [0.25, 0.3) is 0 Å². The Kier molecular flexibility index (Phi) is 13.4. The Balaban J connectivity index is 2.87. The average Bonchev–Trinajstić information content (AvgIpc) is 2.20. The molecular weight excluding hydrogens is 295 g/mol. The summed E-state index contributed by atoms with van der Waals surface area (Å²) < 4.78 is 0.872. The lowest BCUT2D eigenvalue weighted by molar-refractivity contribution is 0.550. The lowest BCUT2D eigenvalue weighted by Crippen LogP contribution is -1.89. The molecule has 0 aliphatic carbocycles. The fourth-order valence-corrected chi connectivity index (χ4v) is 2.35. The van der Waals surface area contributed by atoms with E-state index < -0.39 is 0 Å². The highest BCUT2D eigenvalue weighted by Gasteiger charge is 1.95. The van der Waals surface area contributed by atoms with Gasteiger partial charge < -0.3 is 0 Å². The van der Waals surface area contributed by atoms with Crippen LogP contribution < -0.4 is 0 Å². The molecule has 0 aromatic carbocycles. The van der Waals surface area contributed by atoms with Gasteiger partial charge >= 0.3 is 0 Å². The second-order valence-electron chi connectivity index (χ2n) is 4.75. The van der Waals surface area contributed by atoms with Crippen LogP contribution in [0.5, 0.6) is 0 Å². The molecule has 92 valence electrons.